The largest absolute Gasteiger partial charge is 0.494 e. The zero-order valence-electron chi connectivity index (χ0n) is 14.2. The second-order valence-corrected chi connectivity index (χ2v) is 5.60. The average molecular weight is 340 g/mol. The molecular weight excluding hydrogens is 316 g/mol. The molecule has 1 heterocycles. The molecule has 132 valence electrons. The van der Waals surface area contributed by atoms with Crippen LogP contribution in [0.2, 0.25) is 0 Å². The third-order valence-corrected chi connectivity index (χ3v) is 3.56. The van der Waals surface area contributed by atoms with Gasteiger partial charge in [-0.2, -0.15) is 0 Å². The van der Waals surface area contributed by atoms with E-state index in [4.69, 9.17) is 26.4 Å². The molecule has 0 atom stereocenters. The summed E-state index contributed by atoms with van der Waals surface area (Å²) in [6, 6.07) is 11.0. The first-order chi connectivity index (χ1) is 12.1. The predicted molar refractivity (Wildman–Crippen MR) is 99.8 cm³/mol. The fourth-order valence-electron chi connectivity index (χ4n) is 2.17. The lowest BCUT2D eigenvalue weighted by Gasteiger charge is -2.08. The van der Waals surface area contributed by atoms with E-state index in [0.717, 1.165) is 30.6 Å². The minimum absolute atomic E-state index is 0.0635. The molecule has 0 amide bonds. The van der Waals surface area contributed by atoms with Gasteiger partial charge in [-0.1, -0.05) is 6.58 Å². The van der Waals surface area contributed by atoms with Crippen molar-refractivity contribution >= 4 is 11.5 Å². The van der Waals surface area contributed by atoms with Crippen molar-refractivity contribution in [2.24, 2.45) is 11.5 Å². The van der Waals surface area contributed by atoms with Crippen LogP contribution >= 0.6 is 0 Å². The molecule has 0 fully saturated rings. The maximum atomic E-state index is 7.36. The number of unbranched alkanes of at least 4 members (excludes halogenated alkanes) is 2. The van der Waals surface area contributed by atoms with Gasteiger partial charge in [-0.3, -0.25) is 10.4 Å². The number of nitrogens with one attached hydrogen (secondary N) is 1. The van der Waals surface area contributed by atoms with Crippen molar-refractivity contribution in [2.75, 3.05) is 13.2 Å². The Hall–Kier alpha value is -3.02. The topological polar surface area (TPSA) is 107 Å². The second-order valence-electron chi connectivity index (χ2n) is 5.60. The summed E-state index contributed by atoms with van der Waals surface area (Å²) in [6.45, 7) is 4.96. The minimum Gasteiger partial charge on any atom is -0.494 e. The molecule has 0 spiro atoms. The van der Waals surface area contributed by atoms with E-state index in [-0.39, 0.29) is 5.84 Å². The summed E-state index contributed by atoms with van der Waals surface area (Å²) in [5.74, 6) is 1.44. The van der Waals surface area contributed by atoms with E-state index in [2.05, 4.69) is 11.6 Å². The van der Waals surface area contributed by atoms with Gasteiger partial charge in [0.15, 0.2) is 0 Å². The number of benzene rings is 1. The van der Waals surface area contributed by atoms with Gasteiger partial charge in [-0.25, -0.2) is 0 Å². The minimum atomic E-state index is -0.0635. The van der Waals surface area contributed by atoms with Gasteiger partial charge in [0.2, 0.25) is 0 Å². The molecular formula is C19H24N4O2. The smallest absolute Gasteiger partial charge is 0.141 e. The molecule has 0 unspecified atom stereocenters. The summed E-state index contributed by atoms with van der Waals surface area (Å²) >= 11 is 0. The molecule has 0 bridgehead atoms. The van der Waals surface area contributed by atoms with Crippen molar-refractivity contribution in [3.05, 3.63) is 60.4 Å². The molecule has 25 heavy (non-hydrogen) atoms. The molecule has 0 aliphatic heterocycles. The van der Waals surface area contributed by atoms with E-state index in [1.165, 1.54) is 0 Å². The Labute approximate surface area is 148 Å². The van der Waals surface area contributed by atoms with Crippen LogP contribution in [0.3, 0.4) is 0 Å². The highest BCUT2D eigenvalue weighted by atomic mass is 16.5. The number of nitrogen functional groups attached to an aromatic ring is 1. The fraction of sp³-hybridized carbons (Fsp3) is 0.263. The van der Waals surface area contributed by atoms with Gasteiger partial charge in [0.25, 0.3) is 0 Å². The molecule has 2 aromatic rings. The maximum Gasteiger partial charge on any atom is 0.141 e. The molecule has 0 aliphatic rings. The van der Waals surface area contributed by atoms with Crippen molar-refractivity contribution in [3.63, 3.8) is 0 Å². The summed E-state index contributed by atoms with van der Waals surface area (Å²) in [5.41, 5.74) is 12.9. The molecule has 2 rings (SSSR count). The number of ether oxygens (including phenoxy) is 2. The number of nitrogens with zero attached hydrogens (tertiary/aromatic N) is 1. The summed E-state index contributed by atoms with van der Waals surface area (Å²) in [7, 11) is 0. The van der Waals surface area contributed by atoms with E-state index in [1.54, 1.807) is 18.3 Å². The molecule has 6 nitrogen and oxygen atoms in total. The lowest BCUT2D eigenvalue weighted by Crippen LogP contribution is -2.13. The third-order valence-electron chi connectivity index (χ3n) is 3.56. The number of hydrogen-bond donors (Lipinski definition) is 3. The van der Waals surface area contributed by atoms with Gasteiger partial charge in [0.05, 0.1) is 13.2 Å². The van der Waals surface area contributed by atoms with Crippen molar-refractivity contribution in [3.8, 4) is 11.5 Å². The lowest BCUT2D eigenvalue weighted by molar-refractivity contribution is 0.279. The first-order valence-electron chi connectivity index (χ1n) is 8.17. The lowest BCUT2D eigenvalue weighted by atomic mass is 10.2. The number of aromatic nitrogens is 1. The summed E-state index contributed by atoms with van der Waals surface area (Å²) < 4.78 is 11.3. The van der Waals surface area contributed by atoms with Crippen molar-refractivity contribution < 1.29 is 9.47 Å². The Balaban J connectivity index is 1.60. The van der Waals surface area contributed by atoms with Crippen LogP contribution in [0.15, 0.2) is 49.2 Å². The molecule has 1 aromatic carbocycles. The molecule has 1 aromatic heterocycles. The highest BCUT2D eigenvalue weighted by molar-refractivity contribution is 5.93. The van der Waals surface area contributed by atoms with Crippen LogP contribution in [0.4, 0.5) is 0 Å². The van der Waals surface area contributed by atoms with Gasteiger partial charge in [-0.15, -0.1) is 0 Å². The highest BCUT2D eigenvalue weighted by Crippen LogP contribution is 2.15. The normalized spacial score (nSPS) is 10.2. The van der Waals surface area contributed by atoms with E-state index < -0.39 is 0 Å². The average Bonchev–Trinajstić information content (AvgIpc) is 2.61. The van der Waals surface area contributed by atoms with Crippen LogP contribution in [0, 0.1) is 5.41 Å². The zero-order chi connectivity index (χ0) is 18.1. The quantitative estimate of drug-likeness (QED) is 0.350. The molecule has 0 saturated heterocycles. The van der Waals surface area contributed by atoms with Crippen LogP contribution in [-0.4, -0.2) is 24.0 Å². The third kappa shape index (κ3) is 6.18. The van der Waals surface area contributed by atoms with E-state index in [0.29, 0.717) is 30.4 Å². The van der Waals surface area contributed by atoms with Crippen LogP contribution in [0.5, 0.6) is 11.5 Å². The number of pyridine rings is 1. The van der Waals surface area contributed by atoms with E-state index in [9.17, 15) is 0 Å². The standard InChI is InChI=1S/C19H24N4O2/c1-14(20)15-5-7-16(8-6-15)24-11-3-2-4-12-25-17-9-10-23-18(13-17)19(21)22/h5-10,13H,1-4,11-12,20H2,(H3,21,22). The Morgan fingerprint density at radius 3 is 2.20 bits per heavy atom. The maximum absolute atomic E-state index is 7.36. The fourth-order valence-corrected chi connectivity index (χ4v) is 2.17. The summed E-state index contributed by atoms with van der Waals surface area (Å²) in [5, 5.41) is 7.36. The number of nitrogens with two attached hydrogens (primary N) is 2. The predicted octanol–water partition coefficient (Wildman–Crippen LogP) is 2.92. The Morgan fingerprint density at radius 2 is 1.60 bits per heavy atom. The van der Waals surface area contributed by atoms with Gasteiger partial charge in [-0.05, 0) is 55.2 Å². The Bertz CT molecular complexity index is 714. The van der Waals surface area contributed by atoms with Gasteiger partial charge in [0.1, 0.15) is 23.0 Å². The first-order valence-corrected chi connectivity index (χ1v) is 8.17. The number of hydrogen-bond acceptors (Lipinski definition) is 5. The SMILES string of the molecule is C=C(N)c1ccc(OCCCCCOc2ccnc(C(=N)N)c2)cc1. The van der Waals surface area contributed by atoms with Gasteiger partial charge in [0, 0.05) is 18.0 Å². The second kappa shape index (κ2) is 9.32. The van der Waals surface area contributed by atoms with Crippen LogP contribution < -0.4 is 20.9 Å². The molecule has 5 N–H and O–H groups in total. The number of rotatable bonds is 10. The first kappa shape index (κ1) is 18.3. The summed E-state index contributed by atoms with van der Waals surface area (Å²) in [4.78, 5) is 3.99. The van der Waals surface area contributed by atoms with Gasteiger partial charge < -0.3 is 20.9 Å². The van der Waals surface area contributed by atoms with Crippen molar-refractivity contribution in [1.29, 1.82) is 5.41 Å². The Morgan fingerprint density at radius 1 is 0.960 bits per heavy atom. The highest BCUT2D eigenvalue weighted by Gasteiger charge is 2.01. The Kier molecular flexibility index (Phi) is 6.83. The summed E-state index contributed by atoms with van der Waals surface area (Å²) in [6.07, 6.45) is 4.46. The van der Waals surface area contributed by atoms with Crippen LogP contribution in [0.1, 0.15) is 30.5 Å². The molecule has 6 heteroatoms. The molecule has 0 radical (unpaired) electrons. The van der Waals surface area contributed by atoms with Crippen molar-refractivity contribution in [2.45, 2.75) is 19.3 Å². The van der Waals surface area contributed by atoms with E-state index >= 15 is 0 Å². The van der Waals surface area contributed by atoms with E-state index in [1.807, 2.05) is 24.3 Å². The van der Waals surface area contributed by atoms with Gasteiger partial charge >= 0.3 is 0 Å². The number of amidine groups is 1. The zero-order valence-corrected chi connectivity index (χ0v) is 14.2. The molecule has 0 saturated carbocycles. The molecule has 0 aliphatic carbocycles. The van der Waals surface area contributed by atoms with Crippen molar-refractivity contribution in [1.82, 2.24) is 4.98 Å². The van der Waals surface area contributed by atoms with Crippen LogP contribution in [-0.2, 0) is 0 Å². The van der Waals surface area contributed by atoms with Crippen LogP contribution in [0.25, 0.3) is 5.70 Å². The monoisotopic (exact) mass is 340 g/mol.